The number of nitrogens with zero attached hydrogens (tertiary/aromatic N) is 3. The average Bonchev–Trinajstić information content (AvgIpc) is 2.46. The topological polar surface area (TPSA) is 46.1 Å². The highest BCUT2D eigenvalue weighted by atomic mass is 35.5. The first kappa shape index (κ1) is 15.7. The Balaban J connectivity index is 2.24. The van der Waals surface area contributed by atoms with Crippen molar-refractivity contribution in [2.75, 3.05) is 6.54 Å². The Morgan fingerprint density at radius 3 is 2.67 bits per heavy atom. The highest BCUT2D eigenvalue weighted by molar-refractivity contribution is 6.34. The molecule has 0 saturated carbocycles. The lowest BCUT2D eigenvalue weighted by Crippen LogP contribution is -2.30. The molecule has 0 aliphatic carbocycles. The van der Waals surface area contributed by atoms with Gasteiger partial charge >= 0.3 is 0 Å². The third-order valence-corrected chi connectivity index (χ3v) is 3.54. The molecular weight excluding hydrogens is 309 g/mol. The Labute approximate surface area is 133 Å². The van der Waals surface area contributed by atoms with Crippen LogP contribution in [0, 0.1) is 6.92 Å². The van der Waals surface area contributed by atoms with Crippen LogP contribution in [0.2, 0.25) is 10.3 Å². The fraction of sp³-hybridized carbons (Fsp3) is 0.267. The second-order valence-corrected chi connectivity index (χ2v) is 5.43. The summed E-state index contributed by atoms with van der Waals surface area (Å²) in [4.78, 5) is 14.2. The van der Waals surface area contributed by atoms with Crippen LogP contribution in [0.1, 0.15) is 28.4 Å². The van der Waals surface area contributed by atoms with Crippen LogP contribution >= 0.6 is 23.2 Å². The molecule has 2 rings (SSSR count). The maximum Gasteiger partial charge on any atom is 0.257 e. The van der Waals surface area contributed by atoms with E-state index in [-0.39, 0.29) is 21.8 Å². The number of aromatic nitrogens is 2. The zero-order valence-corrected chi connectivity index (χ0v) is 13.3. The Bertz CT molecular complexity index is 661. The zero-order chi connectivity index (χ0) is 15.4. The number of halogens is 2. The van der Waals surface area contributed by atoms with E-state index in [0.29, 0.717) is 13.1 Å². The summed E-state index contributed by atoms with van der Waals surface area (Å²) in [6, 6.07) is 9.47. The number of carbonyl (C=O) groups excluding carboxylic acids is 1. The van der Waals surface area contributed by atoms with Crippen molar-refractivity contribution in [1.29, 1.82) is 0 Å². The third kappa shape index (κ3) is 3.93. The molecule has 6 heteroatoms. The van der Waals surface area contributed by atoms with E-state index < -0.39 is 0 Å². The first-order valence-electron chi connectivity index (χ1n) is 6.54. The number of hydrogen-bond acceptors (Lipinski definition) is 3. The van der Waals surface area contributed by atoms with Crippen molar-refractivity contribution in [3.63, 3.8) is 0 Å². The molecule has 1 amide bonds. The van der Waals surface area contributed by atoms with Crippen molar-refractivity contribution >= 4 is 29.1 Å². The van der Waals surface area contributed by atoms with Crippen LogP contribution in [0.4, 0.5) is 0 Å². The molecule has 0 fully saturated rings. The quantitative estimate of drug-likeness (QED) is 0.860. The van der Waals surface area contributed by atoms with Gasteiger partial charge in [0.2, 0.25) is 0 Å². The normalized spacial score (nSPS) is 10.5. The summed E-state index contributed by atoms with van der Waals surface area (Å²) in [5, 5.41) is 7.50. The number of amides is 1. The monoisotopic (exact) mass is 323 g/mol. The third-order valence-electron chi connectivity index (χ3n) is 3.07. The van der Waals surface area contributed by atoms with E-state index in [2.05, 4.69) is 16.3 Å². The molecule has 0 saturated heterocycles. The minimum Gasteiger partial charge on any atom is -0.335 e. The summed E-state index contributed by atoms with van der Waals surface area (Å²) in [5.74, 6) is -0.208. The molecule has 110 valence electrons. The van der Waals surface area contributed by atoms with Crippen molar-refractivity contribution in [2.45, 2.75) is 20.4 Å². The molecule has 1 aromatic heterocycles. The van der Waals surface area contributed by atoms with Crippen molar-refractivity contribution in [3.05, 3.63) is 57.3 Å². The largest absolute Gasteiger partial charge is 0.335 e. The lowest BCUT2D eigenvalue weighted by atomic mass is 10.1. The molecule has 0 aliphatic rings. The van der Waals surface area contributed by atoms with Crippen molar-refractivity contribution in [3.8, 4) is 0 Å². The zero-order valence-electron chi connectivity index (χ0n) is 11.8. The van der Waals surface area contributed by atoms with Gasteiger partial charge in [-0.1, -0.05) is 53.0 Å². The van der Waals surface area contributed by atoms with Crippen LogP contribution in [0.15, 0.2) is 30.3 Å². The van der Waals surface area contributed by atoms with E-state index in [9.17, 15) is 4.79 Å². The van der Waals surface area contributed by atoms with E-state index in [1.54, 1.807) is 4.90 Å². The second-order valence-electron chi connectivity index (χ2n) is 4.68. The highest BCUT2D eigenvalue weighted by Gasteiger charge is 2.19. The highest BCUT2D eigenvalue weighted by Crippen LogP contribution is 2.19. The van der Waals surface area contributed by atoms with Gasteiger partial charge in [0.1, 0.15) is 0 Å². The standard InChI is InChI=1S/C15H15Cl2N3O/c1-3-20(9-11-6-4-5-10(2)7-11)15(21)12-8-13(16)18-19-14(12)17/h4-8H,3,9H2,1-2H3. The first-order chi connectivity index (χ1) is 10.0. The van der Waals surface area contributed by atoms with E-state index in [0.717, 1.165) is 11.1 Å². The molecule has 1 aromatic carbocycles. The Kier molecular flexibility index (Phi) is 5.15. The molecule has 0 N–H and O–H groups in total. The van der Waals surface area contributed by atoms with Gasteiger partial charge in [0.15, 0.2) is 10.3 Å². The fourth-order valence-electron chi connectivity index (χ4n) is 2.03. The van der Waals surface area contributed by atoms with Gasteiger partial charge in [-0.15, -0.1) is 10.2 Å². The SMILES string of the molecule is CCN(Cc1cccc(C)c1)C(=O)c1cc(Cl)nnc1Cl. The number of benzene rings is 1. The van der Waals surface area contributed by atoms with Gasteiger partial charge in [-0.05, 0) is 25.5 Å². The number of hydrogen-bond donors (Lipinski definition) is 0. The maximum absolute atomic E-state index is 12.6. The second kappa shape index (κ2) is 6.87. The fourth-order valence-corrected chi connectivity index (χ4v) is 2.35. The van der Waals surface area contributed by atoms with Crippen LogP contribution in [-0.2, 0) is 6.54 Å². The van der Waals surface area contributed by atoms with Gasteiger partial charge in [-0.2, -0.15) is 0 Å². The van der Waals surface area contributed by atoms with Gasteiger partial charge in [0.05, 0.1) is 5.56 Å². The Morgan fingerprint density at radius 1 is 1.24 bits per heavy atom. The molecule has 0 atom stereocenters. The van der Waals surface area contributed by atoms with Gasteiger partial charge in [-0.3, -0.25) is 4.79 Å². The molecular formula is C15H15Cl2N3O. The maximum atomic E-state index is 12.6. The molecule has 0 spiro atoms. The van der Waals surface area contributed by atoms with Crippen LogP contribution in [0.3, 0.4) is 0 Å². The lowest BCUT2D eigenvalue weighted by molar-refractivity contribution is 0.0752. The van der Waals surface area contributed by atoms with Gasteiger partial charge in [-0.25, -0.2) is 0 Å². The summed E-state index contributed by atoms with van der Waals surface area (Å²) >= 11 is 11.7. The molecule has 0 radical (unpaired) electrons. The van der Waals surface area contributed by atoms with Gasteiger partial charge < -0.3 is 4.90 Å². The van der Waals surface area contributed by atoms with Crippen LogP contribution < -0.4 is 0 Å². The van der Waals surface area contributed by atoms with Crippen molar-refractivity contribution in [1.82, 2.24) is 15.1 Å². The van der Waals surface area contributed by atoms with Gasteiger partial charge in [0, 0.05) is 13.1 Å². The molecule has 0 aliphatic heterocycles. The number of aryl methyl sites for hydroxylation is 1. The minimum atomic E-state index is -0.208. The predicted octanol–water partition coefficient (Wildman–Crippen LogP) is 3.75. The van der Waals surface area contributed by atoms with Crippen LogP contribution in [0.25, 0.3) is 0 Å². The molecule has 1 heterocycles. The number of rotatable bonds is 4. The summed E-state index contributed by atoms with van der Waals surface area (Å²) in [7, 11) is 0. The summed E-state index contributed by atoms with van der Waals surface area (Å²) in [6.45, 7) is 5.00. The average molecular weight is 324 g/mol. The van der Waals surface area contributed by atoms with Crippen LogP contribution in [-0.4, -0.2) is 27.5 Å². The van der Waals surface area contributed by atoms with E-state index >= 15 is 0 Å². The molecule has 2 aromatic rings. The molecule has 0 unspecified atom stereocenters. The van der Waals surface area contributed by atoms with E-state index in [1.807, 2.05) is 32.0 Å². The minimum absolute atomic E-state index is 0.0621. The van der Waals surface area contributed by atoms with E-state index in [4.69, 9.17) is 23.2 Å². The number of carbonyl (C=O) groups is 1. The molecule has 21 heavy (non-hydrogen) atoms. The van der Waals surface area contributed by atoms with Gasteiger partial charge in [0.25, 0.3) is 5.91 Å². The predicted molar refractivity (Wildman–Crippen MR) is 83.6 cm³/mol. The molecule has 0 bridgehead atoms. The Hall–Kier alpha value is -1.65. The first-order valence-corrected chi connectivity index (χ1v) is 7.30. The van der Waals surface area contributed by atoms with E-state index in [1.165, 1.54) is 6.07 Å². The summed E-state index contributed by atoms with van der Waals surface area (Å²) < 4.78 is 0. The Morgan fingerprint density at radius 2 is 2.00 bits per heavy atom. The van der Waals surface area contributed by atoms with Crippen molar-refractivity contribution < 1.29 is 4.79 Å². The van der Waals surface area contributed by atoms with Crippen LogP contribution in [0.5, 0.6) is 0 Å². The molecule has 4 nitrogen and oxygen atoms in total. The smallest absolute Gasteiger partial charge is 0.257 e. The lowest BCUT2D eigenvalue weighted by Gasteiger charge is -2.21. The van der Waals surface area contributed by atoms with Crippen molar-refractivity contribution in [2.24, 2.45) is 0 Å². The summed E-state index contributed by atoms with van der Waals surface area (Å²) in [5.41, 5.74) is 2.49. The summed E-state index contributed by atoms with van der Waals surface area (Å²) in [6.07, 6.45) is 0.